The highest BCUT2D eigenvalue weighted by molar-refractivity contribution is 5.94. The molecular formula is C21H22F2N2O2. The van der Waals surface area contributed by atoms with E-state index < -0.39 is 11.6 Å². The summed E-state index contributed by atoms with van der Waals surface area (Å²) in [4.78, 5) is 16.7. The van der Waals surface area contributed by atoms with Crippen LogP contribution in [0.2, 0.25) is 0 Å². The Labute approximate surface area is 157 Å². The number of hydrogen-bond acceptors (Lipinski definition) is 3. The van der Waals surface area contributed by atoms with E-state index >= 15 is 0 Å². The van der Waals surface area contributed by atoms with E-state index in [9.17, 15) is 13.6 Å². The van der Waals surface area contributed by atoms with E-state index in [0.29, 0.717) is 37.4 Å². The minimum atomic E-state index is -0.839. The number of rotatable bonds is 3. The van der Waals surface area contributed by atoms with Crippen LogP contribution in [-0.4, -0.2) is 41.9 Å². The molecule has 1 amide bonds. The van der Waals surface area contributed by atoms with Crippen LogP contribution < -0.4 is 4.74 Å². The lowest BCUT2D eigenvalue weighted by Crippen LogP contribution is -2.28. The lowest BCUT2D eigenvalue weighted by Gasteiger charge is -2.20. The Bertz CT molecular complexity index is 850. The van der Waals surface area contributed by atoms with Crippen LogP contribution in [0.4, 0.5) is 8.78 Å². The number of halogens is 2. The lowest BCUT2D eigenvalue weighted by molar-refractivity contribution is 0.0792. The summed E-state index contributed by atoms with van der Waals surface area (Å²) in [6.45, 7) is 3.89. The van der Waals surface area contributed by atoms with E-state index in [1.807, 2.05) is 23.1 Å². The highest BCUT2D eigenvalue weighted by atomic mass is 19.2. The van der Waals surface area contributed by atoms with Gasteiger partial charge < -0.3 is 9.64 Å². The number of ether oxygens (including phenoxy) is 1. The first-order chi connectivity index (χ1) is 13.1. The van der Waals surface area contributed by atoms with Crippen molar-refractivity contribution in [2.75, 3.05) is 26.2 Å². The summed E-state index contributed by atoms with van der Waals surface area (Å²) < 4.78 is 32.4. The monoisotopic (exact) mass is 372 g/mol. The van der Waals surface area contributed by atoms with Crippen molar-refractivity contribution in [3.05, 3.63) is 64.7 Å². The molecule has 4 nitrogen and oxygen atoms in total. The van der Waals surface area contributed by atoms with Crippen LogP contribution in [0.3, 0.4) is 0 Å². The summed E-state index contributed by atoms with van der Waals surface area (Å²) in [6, 6.07) is 9.57. The molecule has 1 saturated heterocycles. The first-order valence-electron chi connectivity index (χ1n) is 9.31. The van der Waals surface area contributed by atoms with E-state index in [-0.39, 0.29) is 5.91 Å². The van der Waals surface area contributed by atoms with Crippen molar-refractivity contribution in [1.29, 1.82) is 0 Å². The van der Waals surface area contributed by atoms with Crippen LogP contribution in [0.25, 0.3) is 0 Å². The smallest absolute Gasteiger partial charge is 0.253 e. The van der Waals surface area contributed by atoms with Gasteiger partial charge in [0, 0.05) is 43.9 Å². The van der Waals surface area contributed by atoms with Crippen molar-refractivity contribution in [2.24, 2.45) is 0 Å². The fourth-order valence-corrected chi connectivity index (χ4v) is 3.72. The molecule has 0 atom stereocenters. The van der Waals surface area contributed by atoms with Crippen LogP contribution in [-0.2, 0) is 13.1 Å². The molecule has 2 aliphatic heterocycles. The molecule has 142 valence electrons. The fourth-order valence-electron chi connectivity index (χ4n) is 3.72. The Kier molecular flexibility index (Phi) is 5.07. The van der Waals surface area contributed by atoms with Gasteiger partial charge in [0.15, 0.2) is 11.6 Å². The van der Waals surface area contributed by atoms with Gasteiger partial charge in [-0.25, -0.2) is 8.78 Å². The number of benzene rings is 2. The molecule has 0 spiro atoms. The molecule has 1 fully saturated rings. The quantitative estimate of drug-likeness (QED) is 0.825. The normalized spacial score (nSPS) is 17.3. The minimum absolute atomic E-state index is 0.0618. The van der Waals surface area contributed by atoms with Gasteiger partial charge >= 0.3 is 0 Å². The molecule has 2 aromatic carbocycles. The SMILES string of the molecule is O=C(c1ccc2c(c1)CN(Cc1ccc(F)c(F)c1)CCO2)N1CCCC1. The van der Waals surface area contributed by atoms with E-state index in [1.54, 1.807) is 6.07 Å². The predicted octanol–water partition coefficient (Wildman–Crippen LogP) is 3.60. The van der Waals surface area contributed by atoms with E-state index in [4.69, 9.17) is 4.74 Å². The van der Waals surface area contributed by atoms with Crippen LogP contribution in [0, 0.1) is 11.6 Å². The number of carbonyl (C=O) groups is 1. The molecule has 0 aliphatic carbocycles. The van der Waals surface area contributed by atoms with Gasteiger partial charge in [-0.3, -0.25) is 9.69 Å². The number of carbonyl (C=O) groups excluding carboxylic acids is 1. The molecular weight excluding hydrogens is 350 g/mol. The second kappa shape index (κ2) is 7.64. The number of fused-ring (bicyclic) bond motifs is 1. The third-order valence-electron chi connectivity index (χ3n) is 5.15. The fraction of sp³-hybridized carbons (Fsp3) is 0.381. The zero-order chi connectivity index (χ0) is 18.8. The highest BCUT2D eigenvalue weighted by Crippen LogP contribution is 2.26. The number of hydrogen-bond donors (Lipinski definition) is 0. The van der Waals surface area contributed by atoms with Gasteiger partial charge in [-0.2, -0.15) is 0 Å². The third kappa shape index (κ3) is 3.95. The van der Waals surface area contributed by atoms with Crippen LogP contribution in [0.1, 0.15) is 34.3 Å². The van der Waals surface area contributed by atoms with E-state index in [1.165, 1.54) is 6.07 Å². The molecule has 27 heavy (non-hydrogen) atoms. The summed E-state index contributed by atoms with van der Waals surface area (Å²) in [6.07, 6.45) is 2.11. The summed E-state index contributed by atoms with van der Waals surface area (Å²) >= 11 is 0. The van der Waals surface area contributed by atoms with Crippen molar-refractivity contribution in [1.82, 2.24) is 9.80 Å². The van der Waals surface area contributed by atoms with Gasteiger partial charge in [0.05, 0.1) is 0 Å². The van der Waals surface area contributed by atoms with E-state index in [2.05, 4.69) is 4.90 Å². The first-order valence-corrected chi connectivity index (χ1v) is 9.31. The first kappa shape index (κ1) is 17.9. The third-order valence-corrected chi connectivity index (χ3v) is 5.15. The maximum atomic E-state index is 13.5. The Morgan fingerprint density at radius 1 is 1.00 bits per heavy atom. The van der Waals surface area contributed by atoms with Crippen molar-refractivity contribution in [3.8, 4) is 5.75 Å². The maximum Gasteiger partial charge on any atom is 0.253 e. The Hall–Kier alpha value is -2.47. The predicted molar refractivity (Wildman–Crippen MR) is 97.5 cm³/mol. The van der Waals surface area contributed by atoms with Gasteiger partial charge in [0.25, 0.3) is 5.91 Å². The number of likely N-dealkylation sites (tertiary alicyclic amines) is 1. The van der Waals surface area contributed by atoms with E-state index in [0.717, 1.165) is 43.3 Å². The highest BCUT2D eigenvalue weighted by Gasteiger charge is 2.22. The zero-order valence-electron chi connectivity index (χ0n) is 15.1. The second-order valence-corrected chi connectivity index (χ2v) is 7.13. The molecule has 2 aliphatic rings. The maximum absolute atomic E-state index is 13.5. The number of nitrogens with zero attached hydrogens (tertiary/aromatic N) is 2. The molecule has 0 saturated carbocycles. The zero-order valence-corrected chi connectivity index (χ0v) is 15.1. The largest absolute Gasteiger partial charge is 0.492 e. The summed E-state index contributed by atoms with van der Waals surface area (Å²) in [5, 5.41) is 0. The van der Waals surface area contributed by atoms with Gasteiger partial charge in [0.1, 0.15) is 12.4 Å². The number of amides is 1. The Morgan fingerprint density at radius 2 is 1.81 bits per heavy atom. The lowest BCUT2D eigenvalue weighted by atomic mass is 10.1. The Morgan fingerprint density at radius 3 is 2.59 bits per heavy atom. The van der Waals surface area contributed by atoms with Gasteiger partial charge in [-0.05, 0) is 48.7 Å². The average Bonchev–Trinajstić information content (AvgIpc) is 3.12. The molecule has 0 unspecified atom stereocenters. The second-order valence-electron chi connectivity index (χ2n) is 7.13. The molecule has 2 aromatic rings. The summed E-state index contributed by atoms with van der Waals surface area (Å²) in [5.41, 5.74) is 2.33. The standard InChI is InChI=1S/C21H22F2N2O2/c22-18-5-3-15(11-19(18)23)13-24-9-10-27-20-6-4-16(12-17(20)14-24)21(26)25-7-1-2-8-25/h3-6,11-12H,1-2,7-10,13-14H2. The van der Waals surface area contributed by atoms with Crippen LogP contribution >= 0.6 is 0 Å². The van der Waals surface area contributed by atoms with Crippen LogP contribution in [0.15, 0.2) is 36.4 Å². The topological polar surface area (TPSA) is 32.8 Å². The molecule has 0 aromatic heterocycles. The van der Waals surface area contributed by atoms with Gasteiger partial charge in [0.2, 0.25) is 0 Å². The van der Waals surface area contributed by atoms with Gasteiger partial charge in [-0.1, -0.05) is 6.07 Å². The average molecular weight is 372 g/mol. The molecule has 6 heteroatoms. The van der Waals surface area contributed by atoms with Crippen molar-refractivity contribution in [2.45, 2.75) is 25.9 Å². The molecule has 2 heterocycles. The molecule has 0 N–H and O–H groups in total. The van der Waals surface area contributed by atoms with Crippen molar-refractivity contribution in [3.63, 3.8) is 0 Å². The minimum Gasteiger partial charge on any atom is -0.492 e. The molecule has 4 rings (SSSR count). The van der Waals surface area contributed by atoms with Gasteiger partial charge in [-0.15, -0.1) is 0 Å². The molecule has 0 bridgehead atoms. The van der Waals surface area contributed by atoms with Crippen molar-refractivity contribution < 1.29 is 18.3 Å². The molecule has 0 radical (unpaired) electrons. The van der Waals surface area contributed by atoms with Crippen molar-refractivity contribution >= 4 is 5.91 Å². The Balaban J connectivity index is 1.52. The summed E-state index contributed by atoms with van der Waals surface area (Å²) in [7, 11) is 0. The van der Waals surface area contributed by atoms with Crippen LogP contribution in [0.5, 0.6) is 5.75 Å². The summed E-state index contributed by atoms with van der Waals surface area (Å²) in [5.74, 6) is -0.835.